The second-order valence-electron chi connectivity index (χ2n) is 3.99. The fourth-order valence-electron chi connectivity index (χ4n) is 1.97. The summed E-state index contributed by atoms with van der Waals surface area (Å²) in [6, 6.07) is 3.89. The third-order valence-electron chi connectivity index (χ3n) is 2.94. The third-order valence-corrected chi connectivity index (χ3v) is 2.94. The van der Waals surface area contributed by atoms with E-state index >= 15 is 0 Å². The molecule has 2 aromatic rings. The van der Waals surface area contributed by atoms with Gasteiger partial charge in [-0.05, 0) is 30.2 Å². The summed E-state index contributed by atoms with van der Waals surface area (Å²) >= 11 is 0. The third kappa shape index (κ3) is 2.04. The fraction of sp³-hybridized carbons (Fsp3) is 0.308. The number of aryl methyl sites for hydroxylation is 1. The second kappa shape index (κ2) is 5.10. The highest BCUT2D eigenvalue weighted by molar-refractivity contribution is 5.72. The number of hydrogen-bond acceptors (Lipinski definition) is 4. The molecule has 1 aromatic carbocycles. The highest BCUT2D eigenvalue weighted by Gasteiger charge is 2.13. The Hall–Kier alpha value is -2.01. The molecule has 1 heterocycles. The van der Waals surface area contributed by atoms with Gasteiger partial charge in [-0.1, -0.05) is 0 Å². The molecule has 3 N–H and O–H groups in total. The molecule has 0 radical (unpaired) electrons. The maximum atomic E-state index is 5.68. The molecule has 0 atom stereocenters. The minimum Gasteiger partial charge on any atom is -0.493 e. The van der Waals surface area contributed by atoms with Crippen LogP contribution in [0.2, 0.25) is 0 Å². The largest absolute Gasteiger partial charge is 0.493 e. The summed E-state index contributed by atoms with van der Waals surface area (Å²) in [7, 11) is 3.25. The summed E-state index contributed by atoms with van der Waals surface area (Å²) in [5, 5.41) is 6.93. The number of nitrogens with two attached hydrogens (primary N) is 1. The van der Waals surface area contributed by atoms with Crippen LogP contribution in [0.3, 0.4) is 0 Å². The van der Waals surface area contributed by atoms with Crippen molar-refractivity contribution in [1.82, 2.24) is 10.2 Å². The van der Waals surface area contributed by atoms with Crippen molar-refractivity contribution in [2.24, 2.45) is 5.73 Å². The molecule has 0 aliphatic heterocycles. The van der Waals surface area contributed by atoms with Crippen LogP contribution < -0.4 is 15.2 Å². The normalized spacial score (nSPS) is 10.4. The van der Waals surface area contributed by atoms with Gasteiger partial charge in [-0.2, -0.15) is 5.10 Å². The van der Waals surface area contributed by atoms with Crippen molar-refractivity contribution in [3.05, 3.63) is 29.6 Å². The van der Waals surface area contributed by atoms with Crippen molar-refractivity contribution in [1.29, 1.82) is 0 Å². The van der Waals surface area contributed by atoms with Gasteiger partial charge in [0.05, 0.1) is 26.1 Å². The summed E-state index contributed by atoms with van der Waals surface area (Å²) in [4.78, 5) is 0. The van der Waals surface area contributed by atoms with E-state index < -0.39 is 0 Å². The molecular weight excluding hydrogens is 230 g/mol. The number of nitrogens with one attached hydrogen (secondary N) is 1. The average Bonchev–Trinajstić information content (AvgIpc) is 2.86. The van der Waals surface area contributed by atoms with Gasteiger partial charge < -0.3 is 15.2 Å². The highest BCUT2D eigenvalue weighted by Crippen LogP contribution is 2.36. The van der Waals surface area contributed by atoms with E-state index in [1.165, 1.54) is 0 Å². The van der Waals surface area contributed by atoms with Crippen LogP contribution in [0.1, 0.15) is 11.3 Å². The summed E-state index contributed by atoms with van der Waals surface area (Å²) < 4.78 is 10.6. The van der Waals surface area contributed by atoms with Crippen LogP contribution in [0, 0.1) is 6.92 Å². The second-order valence-corrected chi connectivity index (χ2v) is 3.99. The van der Waals surface area contributed by atoms with Gasteiger partial charge in [0, 0.05) is 12.1 Å². The quantitative estimate of drug-likeness (QED) is 0.865. The van der Waals surface area contributed by atoms with E-state index in [2.05, 4.69) is 10.2 Å². The minimum atomic E-state index is 0.420. The smallest absolute Gasteiger partial charge is 0.161 e. The molecule has 0 bridgehead atoms. The molecule has 0 saturated heterocycles. The molecule has 2 rings (SSSR count). The van der Waals surface area contributed by atoms with Crippen molar-refractivity contribution in [2.75, 3.05) is 14.2 Å². The first kappa shape index (κ1) is 12.4. The van der Waals surface area contributed by atoms with Crippen molar-refractivity contribution in [2.45, 2.75) is 13.5 Å². The maximum Gasteiger partial charge on any atom is 0.161 e. The molecule has 5 heteroatoms. The van der Waals surface area contributed by atoms with Gasteiger partial charge in [0.1, 0.15) is 0 Å². The van der Waals surface area contributed by atoms with Crippen molar-refractivity contribution in [3.63, 3.8) is 0 Å². The van der Waals surface area contributed by atoms with E-state index in [0.717, 1.165) is 28.1 Å². The lowest BCUT2D eigenvalue weighted by molar-refractivity contribution is 0.355. The average molecular weight is 247 g/mol. The molecule has 18 heavy (non-hydrogen) atoms. The number of nitrogens with zero attached hydrogens (tertiary/aromatic N) is 1. The SMILES string of the molecule is COc1cc(C)c(-c2cn[nH]c2CN)cc1OC. The van der Waals surface area contributed by atoms with Crippen molar-refractivity contribution >= 4 is 0 Å². The predicted octanol–water partition coefficient (Wildman–Crippen LogP) is 1.86. The lowest BCUT2D eigenvalue weighted by Gasteiger charge is -2.12. The van der Waals surface area contributed by atoms with Crippen LogP contribution >= 0.6 is 0 Å². The van der Waals surface area contributed by atoms with Gasteiger partial charge >= 0.3 is 0 Å². The van der Waals surface area contributed by atoms with Crippen LogP contribution in [0.15, 0.2) is 18.3 Å². The monoisotopic (exact) mass is 247 g/mol. The summed E-state index contributed by atoms with van der Waals surface area (Å²) in [6.07, 6.45) is 1.77. The molecule has 0 aliphatic carbocycles. The predicted molar refractivity (Wildman–Crippen MR) is 69.8 cm³/mol. The van der Waals surface area contributed by atoms with Crippen LogP contribution in [0.25, 0.3) is 11.1 Å². The maximum absolute atomic E-state index is 5.68. The Balaban J connectivity index is 2.58. The van der Waals surface area contributed by atoms with E-state index in [1.54, 1.807) is 20.4 Å². The lowest BCUT2D eigenvalue weighted by atomic mass is 10.00. The standard InChI is InChI=1S/C13H17N3O2/c1-8-4-12(17-2)13(18-3)5-9(8)10-7-15-16-11(10)6-14/h4-5,7H,6,14H2,1-3H3,(H,15,16). The van der Waals surface area contributed by atoms with Gasteiger partial charge in [-0.25, -0.2) is 0 Å². The van der Waals surface area contributed by atoms with Crippen LogP contribution in [0.5, 0.6) is 11.5 Å². The van der Waals surface area contributed by atoms with Crippen LogP contribution in [0.4, 0.5) is 0 Å². The van der Waals surface area contributed by atoms with E-state index in [-0.39, 0.29) is 0 Å². The van der Waals surface area contributed by atoms with E-state index in [4.69, 9.17) is 15.2 Å². The zero-order valence-corrected chi connectivity index (χ0v) is 10.8. The first-order valence-corrected chi connectivity index (χ1v) is 5.66. The summed E-state index contributed by atoms with van der Waals surface area (Å²) in [6.45, 7) is 2.44. The highest BCUT2D eigenvalue weighted by atomic mass is 16.5. The van der Waals surface area contributed by atoms with Crippen LogP contribution in [-0.4, -0.2) is 24.4 Å². The zero-order chi connectivity index (χ0) is 13.1. The summed E-state index contributed by atoms with van der Waals surface area (Å²) in [5.41, 5.74) is 9.72. The van der Waals surface area contributed by atoms with Gasteiger partial charge in [0.25, 0.3) is 0 Å². The molecule has 0 unspecified atom stereocenters. The number of ether oxygens (including phenoxy) is 2. The van der Waals surface area contributed by atoms with Gasteiger partial charge in [0.15, 0.2) is 11.5 Å². The number of methoxy groups -OCH3 is 2. The fourth-order valence-corrected chi connectivity index (χ4v) is 1.97. The molecule has 0 saturated carbocycles. The van der Waals surface area contributed by atoms with Crippen molar-refractivity contribution < 1.29 is 9.47 Å². The molecule has 0 fully saturated rings. The Bertz CT molecular complexity index is 549. The lowest BCUT2D eigenvalue weighted by Crippen LogP contribution is -1.99. The molecule has 0 aliphatic rings. The number of hydrogen-bond donors (Lipinski definition) is 2. The Labute approximate surface area is 106 Å². The Morgan fingerprint density at radius 2 is 1.83 bits per heavy atom. The van der Waals surface area contributed by atoms with Gasteiger partial charge in [0.2, 0.25) is 0 Å². The number of rotatable bonds is 4. The molecule has 1 aromatic heterocycles. The molecule has 0 spiro atoms. The molecule has 0 amide bonds. The van der Waals surface area contributed by atoms with E-state index in [9.17, 15) is 0 Å². The van der Waals surface area contributed by atoms with Gasteiger partial charge in [-0.15, -0.1) is 0 Å². The Kier molecular flexibility index (Phi) is 3.53. The first-order valence-electron chi connectivity index (χ1n) is 5.66. The number of aromatic amines is 1. The molecule has 96 valence electrons. The topological polar surface area (TPSA) is 73.2 Å². The van der Waals surface area contributed by atoms with Gasteiger partial charge in [-0.3, -0.25) is 5.10 Å². The van der Waals surface area contributed by atoms with Crippen LogP contribution in [-0.2, 0) is 6.54 Å². The Morgan fingerprint density at radius 3 is 2.44 bits per heavy atom. The van der Waals surface area contributed by atoms with E-state index in [0.29, 0.717) is 12.3 Å². The zero-order valence-electron chi connectivity index (χ0n) is 10.8. The first-order chi connectivity index (χ1) is 8.71. The minimum absolute atomic E-state index is 0.420. The molecule has 5 nitrogen and oxygen atoms in total. The van der Waals surface area contributed by atoms with E-state index in [1.807, 2.05) is 19.1 Å². The Morgan fingerprint density at radius 1 is 1.17 bits per heavy atom. The molecular formula is C13H17N3O2. The van der Waals surface area contributed by atoms with Crippen molar-refractivity contribution in [3.8, 4) is 22.6 Å². The number of aromatic nitrogens is 2. The number of H-pyrrole nitrogens is 1. The number of benzene rings is 1. The summed E-state index contributed by atoms with van der Waals surface area (Å²) in [5.74, 6) is 1.42.